The Morgan fingerprint density at radius 1 is 0.950 bits per heavy atom. The molecule has 2 unspecified atom stereocenters. The highest BCUT2D eigenvalue weighted by atomic mass is 16.6. The average Bonchev–Trinajstić information content (AvgIpc) is 3.15. The largest absolute Gasteiger partial charge is 0.480 e. The molecular formula is C29H30N4O7. The summed E-state index contributed by atoms with van der Waals surface area (Å²) in [5.74, 6) is -2.53. The second-order valence-corrected chi connectivity index (χ2v) is 10.2. The molecule has 0 saturated heterocycles. The Bertz CT molecular complexity index is 1410. The number of nitrogens with one attached hydrogen (secondary N) is 2. The van der Waals surface area contributed by atoms with Crippen LogP contribution in [0.1, 0.15) is 53.0 Å². The second-order valence-electron chi connectivity index (χ2n) is 10.2. The van der Waals surface area contributed by atoms with Crippen LogP contribution in [0.3, 0.4) is 0 Å². The topological polar surface area (TPSA) is 159 Å². The Hall–Kier alpha value is -4.64. The molecule has 3 amide bonds. The maximum Gasteiger partial charge on any atom is 0.320 e. The number of hydrogen-bond acceptors (Lipinski definition) is 7. The SMILES string of the molecule is CC(C)CC(NC(CCN1C(=O)c2cc3ccccc3cc2C1=O)C(=O)O)C(=O)NCc1ccc([N+](=O)[O-])cc1. The summed E-state index contributed by atoms with van der Waals surface area (Å²) in [5, 5.41) is 28.0. The number of non-ortho nitro benzene ring substituents is 1. The molecule has 4 rings (SSSR count). The highest BCUT2D eigenvalue weighted by molar-refractivity contribution is 6.23. The van der Waals surface area contributed by atoms with Gasteiger partial charge in [-0.3, -0.25) is 39.5 Å². The molecule has 3 aromatic carbocycles. The third kappa shape index (κ3) is 6.32. The van der Waals surface area contributed by atoms with Gasteiger partial charge in [-0.15, -0.1) is 0 Å². The summed E-state index contributed by atoms with van der Waals surface area (Å²) in [6.07, 6.45) is 0.250. The first-order chi connectivity index (χ1) is 19.0. The number of carbonyl (C=O) groups excluding carboxylic acids is 3. The quantitative estimate of drug-likeness (QED) is 0.177. The summed E-state index contributed by atoms with van der Waals surface area (Å²) in [6, 6.07) is 14.4. The second kappa shape index (κ2) is 12.0. The first kappa shape index (κ1) is 28.4. The van der Waals surface area contributed by atoms with Gasteiger partial charge >= 0.3 is 5.97 Å². The molecule has 0 radical (unpaired) electrons. The summed E-state index contributed by atoms with van der Waals surface area (Å²) in [4.78, 5) is 62.6. The average molecular weight is 547 g/mol. The van der Waals surface area contributed by atoms with Gasteiger partial charge in [0.2, 0.25) is 5.91 Å². The van der Waals surface area contributed by atoms with E-state index in [2.05, 4.69) is 10.6 Å². The molecule has 1 aliphatic rings. The van der Waals surface area contributed by atoms with E-state index < -0.39 is 40.7 Å². The zero-order valence-corrected chi connectivity index (χ0v) is 22.1. The fourth-order valence-electron chi connectivity index (χ4n) is 4.73. The van der Waals surface area contributed by atoms with Crippen LogP contribution in [0.2, 0.25) is 0 Å². The molecule has 0 aromatic heterocycles. The minimum absolute atomic E-state index is 0.0578. The summed E-state index contributed by atoms with van der Waals surface area (Å²) >= 11 is 0. The van der Waals surface area contributed by atoms with Crippen LogP contribution >= 0.6 is 0 Å². The van der Waals surface area contributed by atoms with E-state index >= 15 is 0 Å². The van der Waals surface area contributed by atoms with Crippen molar-refractivity contribution in [3.8, 4) is 0 Å². The van der Waals surface area contributed by atoms with Crippen molar-refractivity contribution >= 4 is 40.2 Å². The number of carbonyl (C=O) groups is 4. The highest BCUT2D eigenvalue weighted by Gasteiger charge is 2.37. The maximum atomic E-state index is 13.0. The minimum atomic E-state index is -1.21. The van der Waals surface area contributed by atoms with E-state index in [1.54, 1.807) is 12.1 Å². The Labute approximate surface area is 230 Å². The Balaban J connectivity index is 1.42. The number of hydrogen-bond donors (Lipinski definition) is 3. The van der Waals surface area contributed by atoms with Gasteiger partial charge in [0.15, 0.2) is 0 Å². The van der Waals surface area contributed by atoms with Gasteiger partial charge in [0.05, 0.1) is 22.1 Å². The molecule has 11 heteroatoms. The zero-order valence-electron chi connectivity index (χ0n) is 22.1. The van der Waals surface area contributed by atoms with E-state index in [1.807, 2.05) is 38.1 Å². The van der Waals surface area contributed by atoms with Crippen molar-refractivity contribution in [2.45, 2.75) is 45.3 Å². The van der Waals surface area contributed by atoms with Crippen LogP contribution in [-0.4, -0.2) is 57.2 Å². The molecule has 0 spiro atoms. The van der Waals surface area contributed by atoms with Crippen molar-refractivity contribution in [2.24, 2.45) is 5.92 Å². The maximum absolute atomic E-state index is 13.0. The lowest BCUT2D eigenvalue weighted by atomic mass is 10.0. The molecule has 11 nitrogen and oxygen atoms in total. The minimum Gasteiger partial charge on any atom is -0.480 e. The van der Waals surface area contributed by atoms with Crippen molar-refractivity contribution in [1.29, 1.82) is 0 Å². The molecule has 1 aliphatic heterocycles. The van der Waals surface area contributed by atoms with Crippen LogP contribution < -0.4 is 10.6 Å². The van der Waals surface area contributed by atoms with Crippen LogP contribution in [0.25, 0.3) is 10.8 Å². The Kier molecular flexibility index (Phi) is 8.54. The van der Waals surface area contributed by atoms with Gasteiger partial charge in [0.25, 0.3) is 17.5 Å². The fraction of sp³-hybridized carbons (Fsp3) is 0.310. The number of amides is 3. The van der Waals surface area contributed by atoms with E-state index in [1.165, 1.54) is 24.3 Å². The molecule has 2 atom stereocenters. The number of aliphatic carboxylic acids is 1. The lowest BCUT2D eigenvalue weighted by molar-refractivity contribution is -0.384. The van der Waals surface area contributed by atoms with Gasteiger partial charge in [-0.05, 0) is 47.2 Å². The van der Waals surface area contributed by atoms with Crippen LogP contribution in [0.4, 0.5) is 5.69 Å². The van der Waals surface area contributed by atoms with E-state index in [0.29, 0.717) is 12.0 Å². The lowest BCUT2D eigenvalue weighted by Crippen LogP contribution is -2.52. The number of nitrogens with zero attached hydrogens (tertiary/aromatic N) is 2. The number of nitro benzene ring substituents is 1. The highest BCUT2D eigenvalue weighted by Crippen LogP contribution is 2.28. The standard InChI is InChI=1S/C29H30N4O7/c1-17(2)13-25(26(34)30-16-18-7-9-21(10-8-18)33(39)40)31-24(29(37)38)11-12-32-27(35)22-14-19-5-3-4-6-20(19)15-23(22)28(32)36/h3-10,14-15,17,24-25,31H,11-13,16H2,1-2H3,(H,30,34)(H,37,38). The molecule has 0 saturated carbocycles. The summed E-state index contributed by atoms with van der Waals surface area (Å²) < 4.78 is 0. The third-order valence-electron chi connectivity index (χ3n) is 6.82. The normalized spacial score (nSPS) is 14.3. The van der Waals surface area contributed by atoms with Crippen molar-refractivity contribution < 1.29 is 29.2 Å². The van der Waals surface area contributed by atoms with Crippen LogP contribution in [-0.2, 0) is 16.1 Å². The van der Waals surface area contributed by atoms with Gasteiger partial charge < -0.3 is 10.4 Å². The van der Waals surface area contributed by atoms with Crippen molar-refractivity contribution in [3.05, 3.63) is 87.5 Å². The number of rotatable bonds is 12. The molecule has 0 aliphatic carbocycles. The predicted octanol–water partition coefficient (Wildman–Crippen LogP) is 3.51. The van der Waals surface area contributed by atoms with Crippen molar-refractivity contribution in [1.82, 2.24) is 15.5 Å². The molecule has 1 heterocycles. The molecule has 3 N–H and O–H groups in total. The van der Waals surface area contributed by atoms with E-state index in [0.717, 1.165) is 15.7 Å². The van der Waals surface area contributed by atoms with Crippen LogP contribution in [0.5, 0.6) is 0 Å². The predicted molar refractivity (Wildman–Crippen MR) is 147 cm³/mol. The molecular weight excluding hydrogens is 516 g/mol. The number of benzene rings is 3. The van der Waals surface area contributed by atoms with Gasteiger partial charge in [-0.1, -0.05) is 50.2 Å². The van der Waals surface area contributed by atoms with E-state index in [4.69, 9.17) is 0 Å². The fourth-order valence-corrected chi connectivity index (χ4v) is 4.73. The van der Waals surface area contributed by atoms with E-state index in [9.17, 15) is 34.4 Å². The number of fused-ring (bicyclic) bond motifs is 2. The Morgan fingerprint density at radius 3 is 2.02 bits per heavy atom. The van der Waals surface area contributed by atoms with Crippen LogP contribution in [0, 0.1) is 16.0 Å². The molecule has 0 bridgehead atoms. The Morgan fingerprint density at radius 2 is 1.52 bits per heavy atom. The number of imide groups is 1. The van der Waals surface area contributed by atoms with Crippen molar-refractivity contribution in [2.75, 3.05) is 6.54 Å². The molecule has 208 valence electrons. The third-order valence-corrected chi connectivity index (χ3v) is 6.82. The van der Waals surface area contributed by atoms with Gasteiger partial charge in [-0.25, -0.2) is 0 Å². The first-order valence-electron chi connectivity index (χ1n) is 12.9. The molecule has 40 heavy (non-hydrogen) atoms. The number of carboxylic acid groups (broad SMARTS) is 1. The van der Waals surface area contributed by atoms with Crippen LogP contribution in [0.15, 0.2) is 60.7 Å². The summed E-state index contributed by atoms with van der Waals surface area (Å²) in [7, 11) is 0. The lowest BCUT2D eigenvalue weighted by Gasteiger charge is -2.25. The number of nitro groups is 1. The van der Waals surface area contributed by atoms with E-state index in [-0.39, 0.29) is 42.2 Å². The van der Waals surface area contributed by atoms with Gasteiger partial charge in [0, 0.05) is 25.2 Å². The van der Waals surface area contributed by atoms with Crippen molar-refractivity contribution in [3.63, 3.8) is 0 Å². The first-order valence-corrected chi connectivity index (χ1v) is 12.9. The molecule has 0 fully saturated rings. The summed E-state index contributed by atoms with van der Waals surface area (Å²) in [5.41, 5.74) is 1.15. The number of carboxylic acids is 1. The van der Waals surface area contributed by atoms with Gasteiger partial charge in [0.1, 0.15) is 6.04 Å². The monoisotopic (exact) mass is 546 g/mol. The van der Waals surface area contributed by atoms with Gasteiger partial charge in [-0.2, -0.15) is 0 Å². The zero-order chi connectivity index (χ0) is 29.0. The summed E-state index contributed by atoms with van der Waals surface area (Å²) in [6.45, 7) is 3.77. The smallest absolute Gasteiger partial charge is 0.320 e. The molecule has 3 aromatic rings.